The van der Waals surface area contributed by atoms with Gasteiger partial charge in [0.2, 0.25) is 0 Å². The Balaban J connectivity index is 2.04. The molecule has 2 aliphatic heterocycles. The summed E-state index contributed by atoms with van der Waals surface area (Å²) in [6.07, 6.45) is 5.59. The van der Waals surface area contributed by atoms with Gasteiger partial charge < -0.3 is 15.1 Å². The summed E-state index contributed by atoms with van der Waals surface area (Å²) in [5.41, 5.74) is 10.8. The average molecular weight is 569 g/mol. The van der Waals surface area contributed by atoms with Gasteiger partial charge in [0.05, 0.1) is 22.5 Å². The minimum Gasteiger partial charge on any atom is -0.386 e. The van der Waals surface area contributed by atoms with Gasteiger partial charge in [-0.25, -0.2) is 4.98 Å². The molecule has 0 saturated heterocycles. The highest BCUT2D eigenvalue weighted by molar-refractivity contribution is 6.05. The van der Waals surface area contributed by atoms with Crippen molar-refractivity contribution < 1.29 is 9.90 Å². The Morgan fingerprint density at radius 2 is 1.12 bits per heavy atom. The molecule has 1 atom stereocenters. The van der Waals surface area contributed by atoms with Gasteiger partial charge in [-0.2, -0.15) is 0 Å². The summed E-state index contributed by atoms with van der Waals surface area (Å²) in [4.78, 5) is 31.7. The molecule has 3 aromatic heterocycles. The molecule has 0 amide bonds. The van der Waals surface area contributed by atoms with E-state index in [2.05, 4.69) is 77.5 Å². The minimum atomic E-state index is -0.771. The first-order valence-corrected chi connectivity index (χ1v) is 16.2. The SMILES string of the molecule is CCc1c(CC)c2cc3[nH]c(cc4nc(cc5nc(cc1[nH]2)C(=O)C5(CC)CC)[C@@H](O)C4(CC)CC)c(CC)c3CC. The number of hydrogen-bond donors (Lipinski definition) is 3. The van der Waals surface area contributed by atoms with Crippen LogP contribution in [0.2, 0.25) is 0 Å². The van der Waals surface area contributed by atoms with Crippen molar-refractivity contribution in [2.45, 2.75) is 124 Å². The van der Waals surface area contributed by atoms with Gasteiger partial charge in [-0.05, 0) is 97.9 Å². The number of nitrogens with one attached hydrogen (secondary N) is 2. The number of aromatic amines is 2. The predicted octanol–water partition coefficient (Wildman–Crippen LogP) is 8.30. The molecule has 0 aliphatic carbocycles. The quantitative estimate of drug-likeness (QED) is 0.255. The normalized spacial score (nSPS) is 17.6. The third-order valence-electron chi connectivity index (χ3n) is 10.5. The fraction of sp³-hybridized carbons (Fsp3) is 0.528. The van der Waals surface area contributed by atoms with Crippen LogP contribution in [0.5, 0.6) is 0 Å². The molecular weight excluding hydrogens is 520 g/mol. The molecule has 3 aromatic rings. The zero-order valence-corrected chi connectivity index (χ0v) is 26.8. The highest BCUT2D eigenvalue weighted by atomic mass is 16.3. The summed E-state index contributed by atoms with van der Waals surface area (Å²) in [5, 5.41) is 11.9. The lowest BCUT2D eigenvalue weighted by atomic mass is 9.74. The Bertz CT molecular complexity index is 1670. The summed E-state index contributed by atoms with van der Waals surface area (Å²) < 4.78 is 0. The molecule has 6 nitrogen and oxygen atoms in total. The molecular formula is C36H48N4O2. The van der Waals surface area contributed by atoms with Crippen LogP contribution < -0.4 is 0 Å². The largest absolute Gasteiger partial charge is 0.386 e. The van der Waals surface area contributed by atoms with Gasteiger partial charge >= 0.3 is 0 Å². The van der Waals surface area contributed by atoms with E-state index in [9.17, 15) is 9.90 Å². The van der Waals surface area contributed by atoms with Crippen molar-refractivity contribution >= 4 is 27.9 Å². The number of ketones is 1. The predicted molar refractivity (Wildman–Crippen MR) is 172 cm³/mol. The number of aliphatic hydroxyl groups excluding tert-OH is 1. The summed E-state index contributed by atoms with van der Waals surface area (Å²) in [5.74, 6) is 0.0545. The number of carbonyl (C=O) groups excluding carboxylic acids is 1. The molecule has 0 aromatic carbocycles. The van der Waals surface area contributed by atoms with E-state index in [1.165, 1.54) is 22.3 Å². The number of fused-ring (bicyclic) bond motifs is 8. The zero-order chi connectivity index (χ0) is 30.4. The van der Waals surface area contributed by atoms with Gasteiger partial charge in [0.1, 0.15) is 11.8 Å². The molecule has 0 spiro atoms. The van der Waals surface area contributed by atoms with Gasteiger partial charge in [0.15, 0.2) is 5.78 Å². The molecule has 8 bridgehead atoms. The number of aromatic nitrogens is 4. The molecule has 5 rings (SSSR count). The van der Waals surface area contributed by atoms with Crippen molar-refractivity contribution in [1.29, 1.82) is 0 Å². The van der Waals surface area contributed by atoms with Crippen LogP contribution in [-0.2, 0) is 36.5 Å². The van der Waals surface area contributed by atoms with E-state index >= 15 is 0 Å². The Morgan fingerprint density at radius 3 is 1.57 bits per heavy atom. The molecule has 0 fully saturated rings. The second kappa shape index (κ2) is 11.4. The lowest BCUT2D eigenvalue weighted by Gasteiger charge is -2.30. The maximum absolute atomic E-state index is 14.1. The van der Waals surface area contributed by atoms with Crippen molar-refractivity contribution in [1.82, 2.24) is 19.9 Å². The van der Waals surface area contributed by atoms with Crippen molar-refractivity contribution in [3.05, 3.63) is 69.3 Å². The number of rotatable bonds is 8. The van der Waals surface area contributed by atoms with E-state index in [1.807, 2.05) is 12.1 Å². The molecule has 0 unspecified atom stereocenters. The fourth-order valence-corrected chi connectivity index (χ4v) is 7.78. The van der Waals surface area contributed by atoms with Crippen molar-refractivity contribution in [3.63, 3.8) is 0 Å². The number of aryl methyl sites for hydroxylation is 4. The summed E-state index contributed by atoms with van der Waals surface area (Å²) in [7, 11) is 0. The Kier molecular flexibility index (Phi) is 8.23. The van der Waals surface area contributed by atoms with E-state index in [0.717, 1.165) is 66.3 Å². The van der Waals surface area contributed by atoms with E-state index in [1.54, 1.807) is 0 Å². The highest BCUT2D eigenvalue weighted by Gasteiger charge is 2.47. The number of carbonyl (C=O) groups is 1. The average Bonchev–Trinajstić information content (AvgIpc) is 3.67. The van der Waals surface area contributed by atoms with Crippen LogP contribution in [-0.4, -0.2) is 30.8 Å². The molecule has 2 aliphatic rings. The van der Waals surface area contributed by atoms with E-state index < -0.39 is 16.9 Å². The van der Waals surface area contributed by atoms with E-state index in [4.69, 9.17) is 9.97 Å². The van der Waals surface area contributed by atoms with Gasteiger partial charge in [-0.3, -0.25) is 9.78 Å². The number of hydrogen-bond acceptors (Lipinski definition) is 4. The molecule has 0 saturated carbocycles. The van der Waals surface area contributed by atoms with Crippen LogP contribution in [0.3, 0.4) is 0 Å². The third kappa shape index (κ3) is 4.28. The molecule has 0 radical (unpaired) electrons. The molecule has 42 heavy (non-hydrogen) atoms. The zero-order valence-electron chi connectivity index (χ0n) is 26.8. The highest BCUT2D eigenvalue weighted by Crippen LogP contribution is 2.47. The molecule has 5 heterocycles. The smallest absolute Gasteiger partial charge is 0.193 e. The number of nitrogens with zero attached hydrogens (tertiary/aromatic N) is 2. The Labute approximate surface area is 250 Å². The first kappa shape index (κ1) is 30.2. The first-order valence-electron chi connectivity index (χ1n) is 16.2. The number of H-pyrrole nitrogens is 2. The van der Waals surface area contributed by atoms with E-state index in [0.29, 0.717) is 29.9 Å². The van der Waals surface area contributed by atoms with Crippen molar-refractivity contribution in [2.75, 3.05) is 0 Å². The topological polar surface area (TPSA) is 94.7 Å². The molecule has 6 heteroatoms. The van der Waals surface area contributed by atoms with Crippen LogP contribution in [0, 0.1) is 0 Å². The lowest BCUT2D eigenvalue weighted by molar-refractivity contribution is 0.0815. The fourth-order valence-electron chi connectivity index (χ4n) is 7.78. The van der Waals surface area contributed by atoms with Crippen LogP contribution in [0.25, 0.3) is 22.1 Å². The summed E-state index contributed by atoms with van der Waals surface area (Å²) in [6, 6.07) is 8.31. The van der Waals surface area contributed by atoms with Crippen molar-refractivity contribution in [3.8, 4) is 0 Å². The van der Waals surface area contributed by atoms with E-state index in [-0.39, 0.29) is 5.78 Å². The maximum atomic E-state index is 14.1. The third-order valence-corrected chi connectivity index (χ3v) is 10.5. The van der Waals surface area contributed by atoms with Gasteiger partial charge in [-0.15, -0.1) is 0 Å². The van der Waals surface area contributed by atoms with Crippen LogP contribution in [0.15, 0.2) is 24.3 Å². The second-order valence-corrected chi connectivity index (χ2v) is 12.0. The minimum absolute atomic E-state index is 0.0545. The van der Waals surface area contributed by atoms with Gasteiger partial charge in [0, 0.05) is 27.5 Å². The Hall–Kier alpha value is -3.25. The van der Waals surface area contributed by atoms with Crippen LogP contribution in [0.1, 0.15) is 137 Å². The summed E-state index contributed by atoms with van der Waals surface area (Å²) in [6.45, 7) is 17.2. The number of Topliss-reactive ketones (excluding diaryl/α,β-unsaturated/α-hetero) is 1. The molecule has 224 valence electrons. The second-order valence-electron chi connectivity index (χ2n) is 12.0. The lowest BCUT2D eigenvalue weighted by Crippen LogP contribution is -2.31. The standard InChI is InChI=1S/C36H48N4O2/c1-9-21-22(10-2)27-18-29-33(41)36(15-7,16-8)32(39-29)20-30-34(42)35(13-5,14-6)31(40-30)19-28-24(12-4)23(11-3)26(38-28)17-25(21)37-27/h17-20,34,37-38,42H,9-16H2,1-8H3/t34-/m1/s1. The first-order chi connectivity index (χ1) is 20.2. The van der Waals surface area contributed by atoms with Crippen LogP contribution in [0.4, 0.5) is 0 Å². The van der Waals surface area contributed by atoms with Crippen molar-refractivity contribution in [2.24, 2.45) is 0 Å². The number of aliphatic hydroxyl groups is 1. The van der Waals surface area contributed by atoms with Gasteiger partial charge in [-0.1, -0.05) is 55.4 Å². The van der Waals surface area contributed by atoms with Crippen LogP contribution >= 0.6 is 0 Å². The van der Waals surface area contributed by atoms with Gasteiger partial charge in [0.25, 0.3) is 0 Å². The maximum Gasteiger partial charge on any atom is 0.193 e. The molecule has 3 N–H and O–H groups in total. The summed E-state index contributed by atoms with van der Waals surface area (Å²) >= 11 is 0. The monoisotopic (exact) mass is 568 g/mol. The Morgan fingerprint density at radius 1 is 0.643 bits per heavy atom.